The maximum absolute atomic E-state index is 6.27. The van der Waals surface area contributed by atoms with E-state index in [9.17, 15) is 0 Å². The SMILES string of the molecule is NC1=NC(c2cc3ccccc3nc2N2CCOCC2)n2c(nc3cc4c(cc32)OCCCO4)N1. The number of aliphatic imine (C=N–C) groups is 1. The van der Waals surface area contributed by atoms with Gasteiger partial charge in [0.25, 0.3) is 0 Å². The normalized spacial score (nSPS) is 19.7. The van der Waals surface area contributed by atoms with Gasteiger partial charge >= 0.3 is 0 Å². The number of fused-ring (bicyclic) bond motifs is 5. The lowest BCUT2D eigenvalue weighted by molar-refractivity contribution is 0.122. The van der Waals surface area contributed by atoms with E-state index in [4.69, 9.17) is 34.9 Å². The van der Waals surface area contributed by atoms with E-state index in [0.29, 0.717) is 49.8 Å². The van der Waals surface area contributed by atoms with E-state index in [0.717, 1.165) is 52.8 Å². The molecule has 0 aliphatic carbocycles. The van der Waals surface area contributed by atoms with Gasteiger partial charge in [0.15, 0.2) is 23.6 Å². The molecule has 1 saturated heterocycles. The molecule has 35 heavy (non-hydrogen) atoms. The molecular formula is C25H25N7O3. The smallest absolute Gasteiger partial charge is 0.212 e. The molecule has 0 radical (unpaired) electrons. The fourth-order valence-electron chi connectivity index (χ4n) is 4.97. The molecule has 0 amide bonds. The van der Waals surface area contributed by atoms with Crippen molar-refractivity contribution in [2.45, 2.75) is 12.6 Å². The molecule has 2 aromatic carbocycles. The average Bonchev–Trinajstić information content (AvgIpc) is 3.07. The fourth-order valence-corrected chi connectivity index (χ4v) is 4.97. The molecule has 0 saturated carbocycles. The van der Waals surface area contributed by atoms with Crippen molar-refractivity contribution in [2.75, 3.05) is 49.7 Å². The standard InChI is InChI=1S/C25H25N7O3/c26-24-29-23(16-12-15-4-1-2-5-17(15)27-22(16)31-6-10-33-11-7-31)32-19-14-21-20(34-8-3-9-35-21)13-18(19)28-25(32)30-24/h1-2,4-5,12-14,23H,3,6-11H2,(H3,26,28,29,30). The lowest BCUT2D eigenvalue weighted by Crippen LogP contribution is -2.38. The van der Waals surface area contributed by atoms with Crippen LogP contribution in [0.5, 0.6) is 11.5 Å². The molecule has 1 atom stereocenters. The summed E-state index contributed by atoms with van der Waals surface area (Å²) in [6.07, 6.45) is 0.393. The number of nitrogens with zero attached hydrogens (tertiary/aromatic N) is 5. The first kappa shape index (κ1) is 20.3. The van der Waals surface area contributed by atoms with Gasteiger partial charge in [-0.1, -0.05) is 18.2 Å². The van der Waals surface area contributed by atoms with Gasteiger partial charge in [-0.3, -0.25) is 9.88 Å². The molecular weight excluding hydrogens is 446 g/mol. The number of para-hydroxylation sites is 1. The van der Waals surface area contributed by atoms with Crippen LogP contribution in [0.4, 0.5) is 11.8 Å². The minimum Gasteiger partial charge on any atom is -0.489 e. The number of nitrogens with one attached hydrogen (secondary N) is 1. The molecule has 10 heteroatoms. The number of hydrogen-bond acceptors (Lipinski definition) is 9. The molecule has 10 nitrogen and oxygen atoms in total. The van der Waals surface area contributed by atoms with Gasteiger partial charge in [0.05, 0.1) is 43.0 Å². The van der Waals surface area contributed by atoms with E-state index in [1.807, 2.05) is 30.3 Å². The third kappa shape index (κ3) is 3.40. The van der Waals surface area contributed by atoms with Crippen LogP contribution in [0, 0.1) is 0 Å². The second-order valence-electron chi connectivity index (χ2n) is 8.85. The lowest BCUT2D eigenvalue weighted by Gasteiger charge is -2.32. The van der Waals surface area contributed by atoms with Crippen molar-refractivity contribution < 1.29 is 14.2 Å². The minimum absolute atomic E-state index is 0.313. The Morgan fingerprint density at radius 2 is 1.71 bits per heavy atom. The van der Waals surface area contributed by atoms with Gasteiger partial charge in [-0.15, -0.1) is 0 Å². The van der Waals surface area contributed by atoms with Gasteiger partial charge in [-0.2, -0.15) is 0 Å². The summed E-state index contributed by atoms with van der Waals surface area (Å²) >= 11 is 0. The summed E-state index contributed by atoms with van der Waals surface area (Å²) in [6.45, 7) is 4.08. The zero-order valence-electron chi connectivity index (χ0n) is 19.1. The Hall–Kier alpha value is -4.05. The molecule has 2 aromatic heterocycles. The zero-order valence-corrected chi connectivity index (χ0v) is 19.1. The van der Waals surface area contributed by atoms with Crippen molar-refractivity contribution in [3.05, 3.63) is 48.0 Å². The fraction of sp³-hybridized carbons (Fsp3) is 0.320. The number of benzene rings is 2. The number of pyridine rings is 1. The van der Waals surface area contributed by atoms with Crippen molar-refractivity contribution in [1.82, 2.24) is 14.5 Å². The molecule has 4 aromatic rings. The maximum atomic E-state index is 6.27. The Kier molecular flexibility index (Phi) is 4.66. The molecule has 3 aliphatic heterocycles. The second kappa shape index (κ2) is 8.02. The van der Waals surface area contributed by atoms with E-state index in [2.05, 4.69) is 26.9 Å². The summed E-state index contributed by atoms with van der Waals surface area (Å²) in [4.78, 5) is 17.0. The van der Waals surface area contributed by atoms with Crippen LogP contribution in [0.1, 0.15) is 18.2 Å². The highest BCUT2D eigenvalue weighted by molar-refractivity contribution is 5.95. The van der Waals surface area contributed by atoms with Crippen molar-refractivity contribution in [3.63, 3.8) is 0 Å². The highest BCUT2D eigenvalue weighted by Gasteiger charge is 2.31. The number of imidazole rings is 1. The summed E-state index contributed by atoms with van der Waals surface area (Å²) in [5, 5.41) is 4.18. The van der Waals surface area contributed by atoms with Crippen molar-refractivity contribution in [1.29, 1.82) is 0 Å². The van der Waals surface area contributed by atoms with Crippen LogP contribution in [0.25, 0.3) is 21.9 Å². The molecule has 1 unspecified atom stereocenters. The topological polar surface area (TPSA) is 112 Å². The number of guanidine groups is 1. The molecule has 3 N–H and O–H groups in total. The van der Waals surface area contributed by atoms with E-state index < -0.39 is 6.17 Å². The molecule has 0 spiro atoms. The summed E-state index contributed by atoms with van der Waals surface area (Å²) in [6, 6.07) is 14.2. The number of anilines is 2. The third-order valence-corrected chi connectivity index (χ3v) is 6.63. The first-order chi connectivity index (χ1) is 17.2. The third-order valence-electron chi connectivity index (χ3n) is 6.63. The molecule has 5 heterocycles. The maximum Gasteiger partial charge on any atom is 0.212 e. The van der Waals surface area contributed by atoms with Gasteiger partial charge in [-0.25, -0.2) is 15.0 Å². The van der Waals surface area contributed by atoms with E-state index in [1.165, 1.54) is 0 Å². The van der Waals surface area contributed by atoms with Gasteiger partial charge in [0.1, 0.15) is 5.82 Å². The molecule has 0 bridgehead atoms. The number of aromatic nitrogens is 3. The molecule has 178 valence electrons. The molecule has 3 aliphatic rings. The Labute approximate surface area is 201 Å². The predicted octanol–water partition coefficient (Wildman–Crippen LogP) is 2.87. The number of ether oxygens (including phenoxy) is 3. The van der Waals surface area contributed by atoms with Crippen LogP contribution in [-0.2, 0) is 4.74 Å². The second-order valence-corrected chi connectivity index (χ2v) is 8.85. The van der Waals surface area contributed by atoms with E-state index >= 15 is 0 Å². The monoisotopic (exact) mass is 471 g/mol. The van der Waals surface area contributed by atoms with Crippen LogP contribution < -0.4 is 25.4 Å². The predicted molar refractivity (Wildman–Crippen MR) is 133 cm³/mol. The summed E-state index contributed by atoms with van der Waals surface area (Å²) < 4.78 is 19.5. The van der Waals surface area contributed by atoms with Crippen LogP contribution in [-0.4, -0.2) is 60.0 Å². The molecule has 7 rings (SSSR count). The van der Waals surface area contributed by atoms with E-state index in [-0.39, 0.29) is 0 Å². The van der Waals surface area contributed by atoms with Gasteiger partial charge in [0, 0.05) is 42.6 Å². The van der Waals surface area contributed by atoms with Crippen LogP contribution in [0.15, 0.2) is 47.5 Å². The highest BCUT2D eigenvalue weighted by Crippen LogP contribution is 2.41. The number of morpholine rings is 1. The van der Waals surface area contributed by atoms with Crippen molar-refractivity contribution in [3.8, 4) is 11.5 Å². The van der Waals surface area contributed by atoms with E-state index in [1.54, 1.807) is 0 Å². The summed E-state index contributed by atoms with van der Waals surface area (Å²) in [7, 11) is 0. The Morgan fingerprint density at radius 1 is 0.914 bits per heavy atom. The largest absolute Gasteiger partial charge is 0.489 e. The quantitative estimate of drug-likeness (QED) is 0.459. The van der Waals surface area contributed by atoms with Crippen molar-refractivity contribution >= 4 is 39.7 Å². The number of nitrogens with two attached hydrogens (primary N) is 1. The minimum atomic E-state index is -0.448. The Bertz CT molecular complexity index is 1480. The number of rotatable bonds is 2. The summed E-state index contributed by atoms with van der Waals surface area (Å²) in [5.74, 6) is 3.24. The Balaban J connectivity index is 1.45. The van der Waals surface area contributed by atoms with Crippen LogP contribution in [0.2, 0.25) is 0 Å². The lowest BCUT2D eigenvalue weighted by atomic mass is 10.1. The molecule has 1 fully saturated rings. The van der Waals surface area contributed by atoms with Gasteiger partial charge < -0.3 is 24.8 Å². The van der Waals surface area contributed by atoms with Crippen molar-refractivity contribution in [2.24, 2.45) is 10.7 Å². The highest BCUT2D eigenvalue weighted by atomic mass is 16.5. The average molecular weight is 472 g/mol. The zero-order chi connectivity index (χ0) is 23.4. The summed E-state index contributed by atoms with van der Waals surface area (Å²) in [5.41, 5.74) is 9.84. The van der Waals surface area contributed by atoms with Crippen LogP contribution in [0.3, 0.4) is 0 Å². The first-order valence-electron chi connectivity index (χ1n) is 11.9. The first-order valence-corrected chi connectivity index (χ1v) is 11.9. The van der Waals surface area contributed by atoms with Gasteiger partial charge in [0.2, 0.25) is 5.95 Å². The van der Waals surface area contributed by atoms with Gasteiger partial charge in [-0.05, 0) is 12.1 Å². The van der Waals surface area contributed by atoms with Crippen LogP contribution >= 0.6 is 0 Å². The number of hydrogen-bond donors (Lipinski definition) is 2. The Morgan fingerprint density at radius 3 is 2.57 bits per heavy atom.